The maximum absolute atomic E-state index is 6.29. The number of hydrogen-bond donors (Lipinski definition) is 1. The lowest BCUT2D eigenvalue weighted by Crippen LogP contribution is -2.48. The van der Waals surface area contributed by atoms with Gasteiger partial charge in [-0.2, -0.15) is 0 Å². The summed E-state index contributed by atoms with van der Waals surface area (Å²) in [6, 6.07) is 16.3. The number of halogens is 1. The van der Waals surface area contributed by atoms with Gasteiger partial charge in [-0.3, -0.25) is 4.90 Å². The Kier molecular flexibility index (Phi) is 5.72. The highest BCUT2D eigenvalue weighted by molar-refractivity contribution is 7.80. The predicted octanol–water partition coefficient (Wildman–Crippen LogP) is 4.51. The van der Waals surface area contributed by atoms with Crippen LogP contribution >= 0.6 is 23.8 Å². The zero-order valence-corrected chi connectivity index (χ0v) is 15.4. The molecule has 1 aliphatic heterocycles. The summed E-state index contributed by atoms with van der Waals surface area (Å²) < 4.78 is 0. The zero-order valence-electron chi connectivity index (χ0n) is 13.8. The molecule has 126 valence electrons. The van der Waals surface area contributed by atoms with Gasteiger partial charge in [0, 0.05) is 30.3 Å². The highest BCUT2D eigenvalue weighted by atomic mass is 35.5. The number of thiocarbonyl (C=S) groups is 1. The van der Waals surface area contributed by atoms with E-state index >= 15 is 0 Å². The Labute approximate surface area is 154 Å². The Morgan fingerprint density at radius 1 is 1.17 bits per heavy atom. The first kappa shape index (κ1) is 17.2. The fourth-order valence-corrected chi connectivity index (χ4v) is 3.42. The van der Waals surface area contributed by atoms with E-state index in [4.69, 9.17) is 23.8 Å². The molecule has 0 aliphatic carbocycles. The van der Waals surface area contributed by atoms with Gasteiger partial charge in [0.05, 0.1) is 6.67 Å². The van der Waals surface area contributed by atoms with E-state index in [1.165, 1.54) is 11.1 Å². The minimum atomic E-state index is 0.782. The van der Waals surface area contributed by atoms with E-state index < -0.39 is 0 Å². The number of aryl methyl sites for hydroxylation is 1. The third-order valence-electron chi connectivity index (χ3n) is 4.18. The summed E-state index contributed by atoms with van der Waals surface area (Å²) >= 11 is 11.9. The highest BCUT2D eigenvalue weighted by Gasteiger charge is 2.20. The molecule has 1 aliphatic rings. The van der Waals surface area contributed by atoms with Gasteiger partial charge in [-0.15, -0.1) is 0 Å². The van der Waals surface area contributed by atoms with Crippen LogP contribution in [0.15, 0.2) is 48.5 Å². The van der Waals surface area contributed by atoms with E-state index in [-0.39, 0.29) is 0 Å². The van der Waals surface area contributed by atoms with Gasteiger partial charge >= 0.3 is 0 Å². The molecule has 3 rings (SSSR count). The molecule has 0 unspecified atom stereocenters. The second-order valence-corrected chi connectivity index (χ2v) is 7.00. The van der Waals surface area contributed by atoms with E-state index in [0.29, 0.717) is 0 Å². The van der Waals surface area contributed by atoms with Crippen LogP contribution in [0.2, 0.25) is 5.02 Å². The Morgan fingerprint density at radius 3 is 2.79 bits per heavy atom. The summed E-state index contributed by atoms with van der Waals surface area (Å²) in [7, 11) is 0. The zero-order chi connectivity index (χ0) is 16.9. The third kappa shape index (κ3) is 4.47. The Balaban J connectivity index is 1.60. The molecular formula is C19H22ClN3S. The maximum atomic E-state index is 6.29. The van der Waals surface area contributed by atoms with Gasteiger partial charge in [0.1, 0.15) is 0 Å². The molecule has 0 amide bonds. The minimum absolute atomic E-state index is 0.782. The maximum Gasteiger partial charge on any atom is 0.174 e. The molecule has 0 radical (unpaired) electrons. The van der Waals surface area contributed by atoms with Gasteiger partial charge in [-0.25, -0.2) is 0 Å². The average Bonchev–Trinajstić information content (AvgIpc) is 2.57. The van der Waals surface area contributed by atoms with Crippen molar-refractivity contribution in [2.24, 2.45) is 0 Å². The van der Waals surface area contributed by atoms with Gasteiger partial charge < -0.3 is 10.2 Å². The molecule has 3 nitrogen and oxygen atoms in total. The standard InChI is InChI=1S/C19H22ClN3S/c1-15-6-4-8-17(12-15)21-19(24)23-11-5-10-22(14-23)13-16-7-2-3-9-18(16)20/h2-4,6-9,12H,5,10-11,13-14H2,1H3,(H,21,24). The largest absolute Gasteiger partial charge is 0.336 e. The van der Waals surface area contributed by atoms with Crippen LogP contribution in [-0.4, -0.2) is 34.7 Å². The van der Waals surface area contributed by atoms with Crippen molar-refractivity contribution in [1.82, 2.24) is 9.80 Å². The number of anilines is 1. The molecule has 1 saturated heterocycles. The van der Waals surface area contributed by atoms with Crippen LogP contribution in [0.1, 0.15) is 17.5 Å². The summed E-state index contributed by atoms with van der Waals surface area (Å²) in [5.41, 5.74) is 3.43. The van der Waals surface area contributed by atoms with Crippen LogP contribution < -0.4 is 5.32 Å². The van der Waals surface area contributed by atoms with Gasteiger partial charge in [0.15, 0.2) is 5.11 Å². The van der Waals surface area contributed by atoms with Crippen molar-refractivity contribution in [1.29, 1.82) is 0 Å². The number of benzene rings is 2. The molecule has 2 aromatic carbocycles. The minimum Gasteiger partial charge on any atom is -0.336 e. The molecule has 5 heteroatoms. The first-order valence-electron chi connectivity index (χ1n) is 8.20. The van der Waals surface area contributed by atoms with Crippen LogP contribution in [0, 0.1) is 6.92 Å². The topological polar surface area (TPSA) is 18.5 Å². The van der Waals surface area contributed by atoms with Crippen molar-refractivity contribution < 1.29 is 0 Å². The van der Waals surface area contributed by atoms with Gasteiger partial charge in [0.25, 0.3) is 0 Å². The summed E-state index contributed by atoms with van der Waals surface area (Å²) in [5, 5.41) is 4.96. The summed E-state index contributed by atoms with van der Waals surface area (Å²) in [5.74, 6) is 0. The molecule has 1 N–H and O–H groups in total. The molecule has 1 heterocycles. The lowest BCUT2D eigenvalue weighted by molar-refractivity contribution is 0.134. The monoisotopic (exact) mass is 359 g/mol. The number of nitrogens with zero attached hydrogens (tertiary/aromatic N) is 2. The van der Waals surface area contributed by atoms with Crippen molar-refractivity contribution in [2.75, 3.05) is 25.1 Å². The molecule has 0 spiro atoms. The quantitative estimate of drug-likeness (QED) is 0.812. The van der Waals surface area contributed by atoms with Gasteiger partial charge in [0.2, 0.25) is 0 Å². The molecule has 0 bridgehead atoms. The van der Waals surface area contributed by atoms with E-state index in [1.807, 2.05) is 30.3 Å². The molecule has 24 heavy (non-hydrogen) atoms. The lowest BCUT2D eigenvalue weighted by Gasteiger charge is -2.37. The first-order valence-corrected chi connectivity index (χ1v) is 8.99. The number of rotatable bonds is 3. The summed E-state index contributed by atoms with van der Waals surface area (Å²) in [6.07, 6.45) is 1.10. The van der Waals surface area contributed by atoms with Crippen LogP contribution in [-0.2, 0) is 6.54 Å². The molecular weight excluding hydrogens is 338 g/mol. The second kappa shape index (κ2) is 7.97. The van der Waals surface area contributed by atoms with Crippen molar-refractivity contribution in [3.05, 3.63) is 64.7 Å². The van der Waals surface area contributed by atoms with Crippen LogP contribution in [0.4, 0.5) is 5.69 Å². The Bertz CT molecular complexity index is 719. The van der Waals surface area contributed by atoms with Crippen molar-refractivity contribution in [2.45, 2.75) is 19.9 Å². The van der Waals surface area contributed by atoms with Crippen LogP contribution in [0.3, 0.4) is 0 Å². The van der Waals surface area contributed by atoms with Crippen molar-refractivity contribution in [3.63, 3.8) is 0 Å². The fraction of sp³-hybridized carbons (Fsp3) is 0.316. The molecule has 0 aromatic heterocycles. The van der Waals surface area contributed by atoms with E-state index in [2.05, 4.69) is 40.2 Å². The van der Waals surface area contributed by atoms with Crippen molar-refractivity contribution in [3.8, 4) is 0 Å². The van der Waals surface area contributed by atoms with Gasteiger partial charge in [-0.1, -0.05) is 41.9 Å². The van der Waals surface area contributed by atoms with Crippen LogP contribution in [0.25, 0.3) is 0 Å². The van der Waals surface area contributed by atoms with E-state index in [9.17, 15) is 0 Å². The van der Waals surface area contributed by atoms with E-state index in [0.717, 1.165) is 48.5 Å². The first-order chi connectivity index (χ1) is 11.6. The summed E-state index contributed by atoms with van der Waals surface area (Å²) in [4.78, 5) is 4.60. The van der Waals surface area contributed by atoms with E-state index in [1.54, 1.807) is 0 Å². The van der Waals surface area contributed by atoms with Crippen LogP contribution in [0.5, 0.6) is 0 Å². The average molecular weight is 360 g/mol. The Morgan fingerprint density at radius 2 is 2.00 bits per heavy atom. The third-order valence-corrected chi connectivity index (χ3v) is 4.91. The molecule has 2 aromatic rings. The number of hydrogen-bond acceptors (Lipinski definition) is 2. The fourth-order valence-electron chi connectivity index (χ4n) is 2.96. The van der Waals surface area contributed by atoms with Crippen molar-refractivity contribution >= 4 is 34.6 Å². The lowest BCUT2D eigenvalue weighted by atomic mass is 10.2. The normalized spacial score (nSPS) is 15.3. The highest BCUT2D eigenvalue weighted by Crippen LogP contribution is 2.19. The number of nitrogens with one attached hydrogen (secondary N) is 1. The molecule has 0 atom stereocenters. The van der Waals surface area contributed by atoms with Gasteiger partial charge in [-0.05, 0) is 54.9 Å². The molecule has 0 saturated carbocycles. The second-order valence-electron chi connectivity index (χ2n) is 6.20. The SMILES string of the molecule is Cc1cccc(NC(=S)N2CCCN(Cc3ccccc3Cl)C2)c1. The smallest absolute Gasteiger partial charge is 0.174 e. The molecule has 1 fully saturated rings. The Hall–Kier alpha value is -1.62. The predicted molar refractivity (Wildman–Crippen MR) is 105 cm³/mol. The summed E-state index contributed by atoms with van der Waals surface area (Å²) in [6.45, 7) is 5.80.